The van der Waals surface area contributed by atoms with Gasteiger partial charge in [-0.2, -0.15) is 0 Å². The molecule has 7 heteroatoms. The number of nitro benzene ring substituents is 1. The molecule has 0 aromatic heterocycles. The van der Waals surface area contributed by atoms with Crippen LogP contribution in [0.2, 0.25) is 0 Å². The summed E-state index contributed by atoms with van der Waals surface area (Å²) in [6.07, 6.45) is 0. The molecule has 0 fully saturated rings. The van der Waals surface area contributed by atoms with Crippen molar-refractivity contribution >= 4 is 17.3 Å². The Bertz CT molecular complexity index is 661. The van der Waals surface area contributed by atoms with E-state index in [1.54, 1.807) is 13.8 Å². The van der Waals surface area contributed by atoms with Crippen LogP contribution in [0, 0.1) is 10.1 Å². The lowest BCUT2D eigenvalue weighted by molar-refractivity contribution is -0.385. The largest absolute Gasteiger partial charge is 0.486 e. The van der Waals surface area contributed by atoms with Gasteiger partial charge in [0, 0.05) is 11.6 Å². The van der Waals surface area contributed by atoms with Crippen molar-refractivity contribution in [2.24, 2.45) is 0 Å². The van der Waals surface area contributed by atoms with Crippen molar-refractivity contribution in [3.8, 4) is 0 Å². The van der Waals surface area contributed by atoms with Crippen LogP contribution < -0.4 is 0 Å². The Morgan fingerprint density at radius 1 is 1.05 bits per heavy atom. The predicted octanol–water partition coefficient (Wildman–Crippen LogP) is 2.26. The van der Waals surface area contributed by atoms with Crippen LogP contribution in [0.4, 0.5) is 5.69 Å². The number of nitrogens with zero attached hydrogens (tertiary/aromatic N) is 1. The number of nitro groups is 1. The lowest BCUT2D eigenvalue weighted by Gasteiger charge is -2.20. The summed E-state index contributed by atoms with van der Waals surface area (Å²) in [7, 11) is 0. The van der Waals surface area contributed by atoms with E-state index >= 15 is 0 Å². The van der Waals surface area contributed by atoms with Gasteiger partial charge in [0.2, 0.25) is 23.1 Å². The molecule has 1 aromatic carbocycles. The van der Waals surface area contributed by atoms with Gasteiger partial charge >= 0.3 is 0 Å². The second-order valence-electron chi connectivity index (χ2n) is 4.14. The van der Waals surface area contributed by atoms with Gasteiger partial charge in [-0.3, -0.25) is 19.7 Å². The molecular weight excluding hydrogens is 278 g/mol. The van der Waals surface area contributed by atoms with Crippen molar-refractivity contribution < 1.29 is 24.0 Å². The minimum atomic E-state index is -0.706. The van der Waals surface area contributed by atoms with Gasteiger partial charge in [0.05, 0.1) is 18.1 Å². The molecular formula is C14H13NO6. The monoisotopic (exact) mass is 291 g/mol. The lowest BCUT2D eigenvalue weighted by Crippen LogP contribution is -2.26. The fourth-order valence-electron chi connectivity index (χ4n) is 2.11. The minimum Gasteiger partial charge on any atom is -0.486 e. The first-order valence-corrected chi connectivity index (χ1v) is 6.39. The number of rotatable bonds is 5. The number of hydrogen-bond donors (Lipinski definition) is 0. The molecule has 1 aromatic rings. The van der Waals surface area contributed by atoms with E-state index in [0.717, 1.165) is 0 Å². The Morgan fingerprint density at radius 2 is 1.62 bits per heavy atom. The van der Waals surface area contributed by atoms with Gasteiger partial charge in [0.1, 0.15) is 5.56 Å². The molecule has 21 heavy (non-hydrogen) atoms. The zero-order valence-corrected chi connectivity index (χ0v) is 11.5. The molecule has 0 atom stereocenters. The number of allylic oxidation sites excluding steroid dienone is 2. The van der Waals surface area contributed by atoms with Crippen LogP contribution in [0.15, 0.2) is 29.7 Å². The van der Waals surface area contributed by atoms with Crippen LogP contribution in [0.5, 0.6) is 0 Å². The molecule has 1 aliphatic rings. The maximum atomic E-state index is 12.4. The molecule has 0 saturated carbocycles. The Balaban J connectivity index is 2.69. The summed E-state index contributed by atoms with van der Waals surface area (Å²) >= 11 is 0. The van der Waals surface area contributed by atoms with E-state index in [9.17, 15) is 19.7 Å². The van der Waals surface area contributed by atoms with Crippen molar-refractivity contribution in [1.29, 1.82) is 0 Å². The Morgan fingerprint density at radius 3 is 2.14 bits per heavy atom. The Labute approximate surface area is 120 Å². The third kappa shape index (κ3) is 2.37. The standard InChI is InChI=1S/C14H13NO6/c1-3-20-13-11(16)8-6-5-7-9(15(18)19)10(8)12(17)14(13)21-4-2/h5-7H,3-4H2,1-2H3. The number of carbonyl (C=O) groups is 2. The number of hydrogen-bond acceptors (Lipinski definition) is 6. The first kappa shape index (κ1) is 14.7. The van der Waals surface area contributed by atoms with Gasteiger partial charge < -0.3 is 9.47 Å². The van der Waals surface area contributed by atoms with E-state index in [4.69, 9.17) is 9.47 Å². The zero-order chi connectivity index (χ0) is 15.6. The number of ketones is 2. The van der Waals surface area contributed by atoms with Crippen LogP contribution in [0.1, 0.15) is 34.6 Å². The normalized spacial score (nSPS) is 14.0. The molecule has 110 valence electrons. The van der Waals surface area contributed by atoms with Crippen molar-refractivity contribution in [2.45, 2.75) is 13.8 Å². The van der Waals surface area contributed by atoms with Gasteiger partial charge in [0.15, 0.2) is 0 Å². The highest BCUT2D eigenvalue weighted by Gasteiger charge is 2.39. The smallest absolute Gasteiger partial charge is 0.281 e. The highest BCUT2D eigenvalue weighted by atomic mass is 16.6. The first-order valence-electron chi connectivity index (χ1n) is 6.39. The Kier molecular flexibility index (Phi) is 4.02. The highest BCUT2D eigenvalue weighted by Crippen LogP contribution is 2.33. The SMILES string of the molecule is CCOC1=C(OCC)C(=O)c2c(cccc2[N+](=O)[O-])C1=O. The maximum Gasteiger partial charge on any atom is 0.281 e. The predicted molar refractivity (Wildman–Crippen MR) is 72.0 cm³/mol. The van der Waals surface area contributed by atoms with Crippen LogP contribution >= 0.6 is 0 Å². The average molecular weight is 291 g/mol. The molecule has 0 heterocycles. The highest BCUT2D eigenvalue weighted by molar-refractivity contribution is 6.26. The van der Waals surface area contributed by atoms with Crippen LogP contribution in [0.25, 0.3) is 0 Å². The lowest BCUT2D eigenvalue weighted by atomic mass is 9.91. The van der Waals surface area contributed by atoms with Gasteiger partial charge in [-0.05, 0) is 19.9 Å². The van der Waals surface area contributed by atoms with Gasteiger partial charge in [0.25, 0.3) is 5.69 Å². The van der Waals surface area contributed by atoms with E-state index in [1.165, 1.54) is 18.2 Å². The van der Waals surface area contributed by atoms with Crippen molar-refractivity contribution in [2.75, 3.05) is 13.2 Å². The summed E-state index contributed by atoms with van der Waals surface area (Å²) in [5.41, 5.74) is -0.709. The maximum absolute atomic E-state index is 12.4. The average Bonchev–Trinajstić information content (AvgIpc) is 2.47. The van der Waals surface area contributed by atoms with Gasteiger partial charge in [-0.25, -0.2) is 0 Å². The van der Waals surface area contributed by atoms with E-state index in [2.05, 4.69) is 0 Å². The molecule has 7 nitrogen and oxygen atoms in total. The van der Waals surface area contributed by atoms with Gasteiger partial charge in [-0.1, -0.05) is 6.07 Å². The van der Waals surface area contributed by atoms with Crippen LogP contribution in [-0.2, 0) is 9.47 Å². The number of carbonyl (C=O) groups excluding carboxylic acids is 2. The third-order valence-electron chi connectivity index (χ3n) is 2.91. The molecule has 0 aliphatic heterocycles. The van der Waals surface area contributed by atoms with Crippen molar-refractivity contribution in [1.82, 2.24) is 0 Å². The summed E-state index contributed by atoms with van der Waals surface area (Å²) < 4.78 is 10.4. The molecule has 0 N–H and O–H groups in total. The second kappa shape index (κ2) is 5.74. The summed E-state index contributed by atoms with van der Waals surface area (Å²) in [5.74, 6) is -1.76. The molecule has 0 bridgehead atoms. The molecule has 0 unspecified atom stereocenters. The van der Waals surface area contributed by atoms with Gasteiger partial charge in [-0.15, -0.1) is 0 Å². The van der Waals surface area contributed by atoms with E-state index in [1.807, 2.05) is 0 Å². The molecule has 0 radical (unpaired) electrons. The summed E-state index contributed by atoms with van der Waals surface area (Å²) in [5, 5.41) is 11.1. The molecule has 0 amide bonds. The number of Topliss-reactive ketones (excluding diaryl/α,β-unsaturated/α-hetero) is 2. The molecule has 0 spiro atoms. The zero-order valence-electron chi connectivity index (χ0n) is 11.5. The second-order valence-corrected chi connectivity index (χ2v) is 4.14. The Hall–Kier alpha value is -2.70. The molecule has 2 rings (SSSR count). The van der Waals surface area contributed by atoms with E-state index in [-0.39, 0.29) is 35.9 Å². The topological polar surface area (TPSA) is 95.7 Å². The summed E-state index contributed by atoms with van der Waals surface area (Å²) in [6, 6.07) is 3.90. The first-order chi connectivity index (χ1) is 10.0. The molecule has 1 aliphatic carbocycles. The van der Waals surface area contributed by atoms with Crippen LogP contribution in [0.3, 0.4) is 0 Å². The third-order valence-corrected chi connectivity index (χ3v) is 2.91. The van der Waals surface area contributed by atoms with E-state index in [0.29, 0.717) is 0 Å². The number of benzene rings is 1. The summed E-state index contributed by atoms with van der Waals surface area (Å²) in [6.45, 7) is 3.62. The van der Waals surface area contributed by atoms with E-state index < -0.39 is 22.2 Å². The fourth-order valence-corrected chi connectivity index (χ4v) is 2.11. The fraction of sp³-hybridized carbons (Fsp3) is 0.286. The van der Waals surface area contributed by atoms with Crippen LogP contribution in [-0.4, -0.2) is 29.7 Å². The van der Waals surface area contributed by atoms with Crippen molar-refractivity contribution in [3.05, 3.63) is 51.0 Å². The number of ether oxygens (including phenoxy) is 2. The van der Waals surface area contributed by atoms with Crippen molar-refractivity contribution in [3.63, 3.8) is 0 Å². The summed E-state index contributed by atoms with van der Waals surface area (Å²) in [4.78, 5) is 35.2. The number of fused-ring (bicyclic) bond motifs is 1. The minimum absolute atomic E-state index is 0.0406. The molecule has 0 saturated heterocycles. The quantitative estimate of drug-likeness (QED) is 0.610.